The summed E-state index contributed by atoms with van der Waals surface area (Å²) in [6.45, 7) is 3.89. The number of benzene rings is 1. The van der Waals surface area contributed by atoms with E-state index in [-0.39, 0.29) is 17.7 Å². The van der Waals surface area contributed by atoms with E-state index < -0.39 is 10.0 Å². The van der Waals surface area contributed by atoms with Gasteiger partial charge in [-0.25, -0.2) is 13.1 Å². The van der Waals surface area contributed by atoms with Crippen LogP contribution in [0.15, 0.2) is 41.8 Å². The first kappa shape index (κ1) is 18.6. The van der Waals surface area contributed by atoms with Crippen molar-refractivity contribution in [3.63, 3.8) is 0 Å². The summed E-state index contributed by atoms with van der Waals surface area (Å²) < 4.78 is 26.8. The predicted molar refractivity (Wildman–Crippen MR) is 97.2 cm³/mol. The van der Waals surface area contributed by atoms with E-state index in [9.17, 15) is 13.2 Å². The van der Waals surface area contributed by atoms with Crippen LogP contribution in [0.2, 0.25) is 0 Å². The van der Waals surface area contributed by atoms with Gasteiger partial charge < -0.3 is 5.32 Å². The topological polar surface area (TPSA) is 75.3 Å². The minimum absolute atomic E-state index is 0.0737. The standard InChI is InChI=1S/C17H22N2O3S2/c1-13(2)19-24(21,22)12-15-7-4-3-6-14(15)11-18-17(20)10-16-8-5-9-23-16/h3-9,13,19H,10-12H2,1-2H3,(H,18,20). The molecule has 0 aliphatic carbocycles. The minimum Gasteiger partial charge on any atom is -0.352 e. The van der Waals surface area contributed by atoms with Crippen LogP contribution in [0.25, 0.3) is 0 Å². The third kappa shape index (κ3) is 6.07. The lowest BCUT2D eigenvalue weighted by atomic mass is 10.1. The van der Waals surface area contributed by atoms with E-state index in [0.717, 1.165) is 10.4 Å². The van der Waals surface area contributed by atoms with Gasteiger partial charge in [0.05, 0.1) is 12.2 Å². The second-order valence-corrected chi connectivity index (χ2v) is 8.62. The van der Waals surface area contributed by atoms with Crippen molar-refractivity contribution < 1.29 is 13.2 Å². The van der Waals surface area contributed by atoms with Crippen molar-refractivity contribution in [2.45, 2.75) is 38.6 Å². The summed E-state index contributed by atoms with van der Waals surface area (Å²) in [5.74, 6) is -0.169. The Morgan fingerprint density at radius 1 is 1.12 bits per heavy atom. The molecular weight excluding hydrogens is 344 g/mol. The fraction of sp³-hybridized carbons (Fsp3) is 0.353. The lowest BCUT2D eigenvalue weighted by molar-refractivity contribution is -0.120. The monoisotopic (exact) mass is 366 g/mol. The Balaban J connectivity index is 1.99. The van der Waals surface area contributed by atoms with Crippen molar-refractivity contribution in [2.75, 3.05) is 0 Å². The fourth-order valence-electron chi connectivity index (χ4n) is 2.30. The maximum Gasteiger partial charge on any atom is 0.225 e. The number of hydrogen-bond acceptors (Lipinski definition) is 4. The Hall–Kier alpha value is -1.70. The van der Waals surface area contributed by atoms with Crippen LogP contribution in [0.1, 0.15) is 29.9 Å². The Morgan fingerprint density at radius 3 is 2.46 bits per heavy atom. The van der Waals surface area contributed by atoms with Crippen molar-refractivity contribution in [2.24, 2.45) is 0 Å². The Kier molecular flexibility index (Phi) is 6.53. The number of nitrogens with one attached hydrogen (secondary N) is 2. The summed E-state index contributed by atoms with van der Waals surface area (Å²) in [5, 5.41) is 4.79. The van der Waals surface area contributed by atoms with E-state index in [4.69, 9.17) is 0 Å². The summed E-state index contributed by atoms with van der Waals surface area (Å²) in [4.78, 5) is 13.0. The summed E-state index contributed by atoms with van der Waals surface area (Å²) >= 11 is 1.54. The molecule has 5 nitrogen and oxygen atoms in total. The number of rotatable bonds is 8. The first-order valence-electron chi connectivity index (χ1n) is 7.71. The quantitative estimate of drug-likeness (QED) is 0.753. The van der Waals surface area contributed by atoms with Gasteiger partial charge >= 0.3 is 0 Å². The van der Waals surface area contributed by atoms with Crippen LogP contribution < -0.4 is 10.0 Å². The van der Waals surface area contributed by atoms with Crippen molar-refractivity contribution in [1.82, 2.24) is 10.0 Å². The molecule has 0 unspecified atom stereocenters. The number of amides is 1. The maximum atomic E-state index is 12.1. The average Bonchev–Trinajstić information content (AvgIpc) is 2.97. The minimum atomic E-state index is -3.40. The molecular formula is C17H22N2O3S2. The van der Waals surface area contributed by atoms with E-state index in [2.05, 4.69) is 10.0 Å². The van der Waals surface area contributed by atoms with Gasteiger partial charge in [-0.05, 0) is 36.4 Å². The summed E-state index contributed by atoms with van der Waals surface area (Å²) in [6.07, 6.45) is 0.340. The third-order valence-electron chi connectivity index (χ3n) is 3.27. The molecule has 0 aliphatic rings. The second kappa shape index (κ2) is 8.41. The van der Waals surface area contributed by atoms with Gasteiger partial charge in [0.1, 0.15) is 0 Å². The number of hydrogen-bond donors (Lipinski definition) is 2. The summed E-state index contributed by atoms with van der Waals surface area (Å²) in [6, 6.07) is 10.9. The Bertz CT molecular complexity index is 769. The third-order valence-corrected chi connectivity index (χ3v) is 5.67. The summed E-state index contributed by atoms with van der Waals surface area (Å²) in [5.41, 5.74) is 1.51. The molecule has 130 valence electrons. The highest BCUT2D eigenvalue weighted by atomic mass is 32.2. The molecule has 2 N–H and O–H groups in total. The molecule has 2 aromatic rings. The van der Waals surface area contributed by atoms with E-state index in [1.165, 1.54) is 0 Å². The zero-order chi connectivity index (χ0) is 17.6. The highest BCUT2D eigenvalue weighted by Crippen LogP contribution is 2.13. The van der Waals surface area contributed by atoms with Crippen LogP contribution in [0, 0.1) is 0 Å². The molecule has 0 spiro atoms. The van der Waals surface area contributed by atoms with Crippen molar-refractivity contribution >= 4 is 27.3 Å². The van der Waals surface area contributed by atoms with Gasteiger partial charge in [0.2, 0.25) is 15.9 Å². The van der Waals surface area contributed by atoms with Gasteiger partial charge in [-0.2, -0.15) is 0 Å². The molecule has 1 aromatic carbocycles. The average molecular weight is 367 g/mol. The van der Waals surface area contributed by atoms with Gasteiger partial charge in [0.25, 0.3) is 0 Å². The van der Waals surface area contributed by atoms with E-state index in [1.54, 1.807) is 37.3 Å². The molecule has 24 heavy (non-hydrogen) atoms. The molecule has 2 rings (SSSR count). The van der Waals surface area contributed by atoms with Gasteiger partial charge in [-0.1, -0.05) is 30.3 Å². The van der Waals surface area contributed by atoms with Gasteiger partial charge in [0.15, 0.2) is 0 Å². The lowest BCUT2D eigenvalue weighted by Crippen LogP contribution is -2.32. The van der Waals surface area contributed by atoms with Crippen LogP contribution in [0.5, 0.6) is 0 Å². The molecule has 0 bridgehead atoms. The molecule has 0 saturated carbocycles. The summed E-state index contributed by atoms with van der Waals surface area (Å²) in [7, 11) is -3.40. The highest BCUT2D eigenvalue weighted by Gasteiger charge is 2.15. The van der Waals surface area contributed by atoms with E-state index in [0.29, 0.717) is 18.5 Å². The lowest BCUT2D eigenvalue weighted by Gasteiger charge is -2.13. The normalized spacial score (nSPS) is 11.6. The Morgan fingerprint density at radius 2 is 1.83 bits per heavy atom. The number of carbonyl (C=O) groups excluding carboxylic acids is 1. The molecule has 0 atom stereocenters. The molecule has 0 fully saturated rings. The first-order valence-corrected chi connectivity index (χ1v) is 10.2. The van der Waals surface area contributed by atoms with Crippen molar-refractivity contribution in [3.8, 4) is 0 Å². The van der Waals surface area contributed by atoms with Crippen LogP contribution in [-0.2, 0) is 33.5 Å². The molecule has 7 heteroatoms. The van der Waals surface area contributed by atoms with Gasteiger partial charge in [0, 0.05) is 17.5 Å². The predicted octanol–water partition coefficient (Wildman–Crippen LogP) is 2.43. The maximum absolute atomic E-state index is 12.1. The number of sulfonamides is 1. The SMILES string of the molecule is CC(C)NS(=O)(=O)Cc1ccccc1CNC(=O)Cc1cccs1. The fourth-order valence-corrected chi connectivity index (χ4v) is 4.50. The smallest absolute Gasteiger partial charge is 0.225 e. The van der Waals surface area contributed by atoms with Crippen molar-refractivity contribution in [1.29, 1.82) is 0 Å². The van der Waals surface area contributed by atoms with Crippen LogP contribution in [-0.4, -0.2) is 20.4 Å². The first-order chi connectivity index (χ1) is 11.4. The zero-order valence-electron chi connectivity index (χ0n) is 13.8. The molecule has 0 saturated heterocycles. The molecule has 0 aliphatic heterocycles. The van der Waals surface area contributed by atoms with Gasteiger partial charge in [-0.3, -0.25) is 4.79 Å². The molecule has 1 aromatic heterocycles. The van der Waals surface area contributed by atoms with E-state index >= 15 is 0 Å². The number of thiophene rings is 1. The van der Waals surface area contributed by atoms with Crippen LogP contribution in [0.4, 0.5) is 0 Å². The molecule has 0 radical (unpaired) electrons. The highest BCUT2D eigenvalue weighted by molar-refractivity contribution is 7.88. The molecule has 1 heterocycles. The second-order valence-electron chi connectivity index (χ2n) is 5.83. The van der Waals surface area contributed by atoms with Crippen LogP contribution >= 0.6 is 11.3 Å². The Labute approximate surface area is 147 Å². The zero-order valence-corrected chi connectivity index (χ0v) is 15.4. The largest absolute Gasteiger partial charge is 0.352 e. The van der Waals surface area contributed by atoms with E-state index in [1.807, 2.05) is 29.6 Å². The number of carbonyl (C=O) groups is 1. The van der Waals surface area contributed by atoms with Crippen molar-refractivity contribution in [3.05, 3.63) is 57.8 Å². The van der Waals surface area contributed by atoms with Crippen LogP contribution in [0.3, 0.4) is 0 Å². The molecule has 1 amide bonds. The van der Waals surface area contributed by atoms with Gasteiger partial charge in [-0.15, -0.1) is 11.3 Å².